The number of anilines is 1. The fraction of sp³-hybridized carbons (Fsp3) is 0.733. The van der Waals surface area contributed by atoms with Gasteiger partial charge >= 0.3 is 0 Å². The van der Waals surface area contributed by atoms with Gasteiger partial charge in [0.1, 0.15) is 5.82 Å². The van der Waals surface area contributed by atoms with E-state index in [0.29, 0.717) is 6.04 Å². The molecule has 5 heteroatoms. The summed E-state index contributed by atoms with van der Waals surface area (Å²) in [4.78, 5) is 14.0. The Morgan fingerprint density at radius 1 is 1.15 bits per heavy atom. The van der Waals surface area contributed by atoms with Crippen molar-refractivity contribution in [2.45, 2.75) is 45.3 Å². The Morgan fingerprint density at radius 3 is 2.45 bits per heavy atom. The molecule has 0 unspecified atom stereocenters. The average molecular weight is 275 g/mol. The number of nitrogens with one attached hydrogen (secondary N) is 1. The number of rotatable bonds is 5. The largest absolute Gasteiger partial charge is 0.353 e. The van der Waals surface area contributed by atoms with Crippen LogP contribution in [0.15, 0.2) is 12.4 Å². The van der Waals surface area contributed by atoms with E-state index in [-0.39, 0.29) is 0 Å². The van der Waals surface area contributed by atoms with Crippen LogP contribution in [0.4, 0.5) is 5.82 Å². The van der Waals surface area contributed by atoms with Crippen molar-refractivity contribution in [3.63, 3.8) is 0 Å². The van der Waals surface area contributed by atoms with Crippen molar-refractivity contribution >= 4 is 5.82 Å². The van der Waals surface area contributed by atoms with Crippen LogP contribution in [0.5, 0.6) is 0 Å². The summed E-state index contributed by atoms with van der Waals surface area (Å²) >= 11 is 0. The van der Waals surface area contributed by atoms with Crippen molar-refractivity contribution in [3.8, 4) is 0 Å². The monoisotopic (exact) mass is 275 g/mol. The molecular formula is C15H25N5. The van der Waals surface area contributed by atoms with Crippen molar-refractivity contribution in [1.29, 1.82) is 0 Å². The van der Waals surface area contributed by atoms with Gasteiger partial charge in [-0.1, -0.05) is 0 Å². The van der Waals surface area contributed by atoms with Crippen molar-refractivity contribution < 1.29 is 0 Å². The lowest BCUT2D eigenvalue weighted by atomic mass is 10.2. The summed E-state index contributed by atoms with van der Waals surface area (Å²) in [7, 11) is 0. The second-order valence-corrected chi connectivity index (χ2v) is 6.14. The van der Waals surface area contributed by atoms with E-state index < -0.39 is 0 Å². The van der Waals surface area contributed by atoms with Gasteiger partial charge in [0.15, 0.2) is 0 Å². The molecule has 0 radical (unpaired) electrons. The van der Waals surface area contributed by atoms with E-state index in [1.807, 2.05) is 12.4 Å². The predicted octanol–water partition coefficient (Wildman–Crippen LogP) is 1.26. The standard InChI is InChI=1S/C15H25N5/c1-12(2)19-5-7-20(8-6-19)15-11-17-14(10-18-15)9-16-13-3-4-13/h10-13,16H,3-9H2,1-2H3. The van der Waals surface area contributed by atoms with Gasteiger partial charge in [-0.2, -0.15) is 0 Å². The van der Waals surface area contributed by atoms with Crippen LogP contribution in [-0.4, -0.2) is 53.1 Å². The molecule has 5 nitrogen and oxygen atoms in total. The highest BCUT2D eigenvalue weighted by molar-refractivity contribution is 5.36. The van der Waals surface area contributed by atoms with Crippen LogP contribution in [0.1, 0.15) is 32.4 Å². The quantitative estimate of drug-likeness (QED) is 0.876. The minimum Gasteiger partial charge on any atom is -0.353 e. The summed E-state index contributed by atoms with van der Waals surface area (Å²) in [6.07, 6.45) is 6.46. The van der Waals surface area contributed by atoms with Gasteiger partial charge in [-0.05, 0) is 26.7 Å². The van der Waals surface area contributed by atoms with Crippen molar-refractivity contribution in [1.82, 2.24) is 20.2 Å². The Kier molecular flexibility index (Phi) is 4.17. The smallest absolute Gasteiger partial charge is 0.147 e. The summed E-state index contributed by atoms with van der Waals surface area (Å²) in [6, 6.07) is 1.36. The molecule has 1 saturated heterocycles. The Hall–Kier alpha value is -1.20. The first-order valence-corrected chi connectivity index (χ1v) is 7.75. The molecule has 1 aromatic heterocycles. The summed E-state index contributed by atoms with van der Waals surface area (Å²) in [5.74, 6) is 1.02. The van der Waals surface area contributed by atoms with E-state index in [1.165, 1.54) is 12.8 Å². The van der Waals surface area contributed by atoms with Gasteiger partial charge in [-0.25, -0.2) is 4.98 Å². The summed E-state index contributed by atoms with van der Waals surface area (Å²) in [5.41, 5.74) is 1.04. The Labute approximate surface area is 121 Å². The van der Waals surface area contributed by atoms with E-state index in [2.05, 4.69) is 38.9 Å². The molecule has 0 bridgehead atoms. The van der Waals surface area contributed by atoms with Crippen LogP contribution in [0.25, 0.3) is 0 Å². The maximum atomic E-state index is 4.58. The maximum Gasteiger partial charge on any atom is 0.147 e. The number of nitrogens with zero attached hydrogens (tertiary/aromatic N) is 4. The third-order valence-electron chi connectivity index (χ3n) is 4.21. The zero-order valence-electron chi connectivity index (χ0n) is 12.5. The summed E-state index contributed by atoms with van der Waals surface area (Å²) in [6.45, 7) is 9.70. The lowest BCUT2D eigenvalue weighted by molar-refractivity contribution is 0.209. The van der Waals surface area contributed by atoms with E-state index in [4.69, 9.17) is 0 Å². The minimum absolute atomic E-state index is 0.638. The number of piperazine rings is 1. The van der Waals surface area contributed by atoms with Gasteiger partial charge in [-0.3, -0.25) is 9.88 Å². The number of hydrogen-bond donors (Lipinski definition) is 1. The lowest BCUT2D eigenvalue weighted by Crippen LogP contribution is -2.49. The molecule has 110 valence electrons. The van der Waals surface area contributed by atoms with E-state index in [1.54, 1.807) is 0 Å². The van der Waals surface area contributed by atoms with Crippen molar-refractivity contribution in [3.05, 3.63) is 18.1 Å². The van der Waals surface area contributed by atoms with E-state index in [0.717, 1.165) is 50.3 Å². The Morgan fingerprint density at radius 2 is 1.90 bits per heavy atom. The highest BCUT2D eigenvalue weighted by Crippen LogP contribution is 2.19. The number of aromatic nitrogens is 2. The maximum absolute atomic E-state index is 4.58. The molecular weight excluding hydrogens is 250 g/mol. The molecule has 1 aliphatic heterocycles. The third-order valence-corrected chi connectivity index (χ3v) is 4.21. The topological polar surface area (TPSA) is 44.3 Å². The van der Waals surface area contributed by atoms with Crippen LogP contribution in [0.3, 0.4) is 0 Å². The second-order valence-electron chi connectivity index (χ2n) is 6.14. The van der Waals surface area contributed by atoms with E-state index in [9.17, 15) is 0 Å². The molecule has 0 spiro atoms. The summed E-state index contributed by atoms with van der Waals surface area (Å²) in [5, 5.41) is 3.47. The van der Waals surface area contributed by atoms with Crippen LogP contribution in [0, 0.1) is 0 Å². The zero-order chi connectivity index (χ0) is 13.9. The van der Waals surface area contributed by atoms with Crippen LogP contribution in [-0.2, 0) is 6.54 Å². The van der Waals surface area contributed by atoms with E-state index >= 15 is 0 Å². The first-order valence-electron chi connectivity index (χ1n) is 7.75. The normalized spacial score (nSPS) is 20.6. The highest BCUT2D eigenvalue weighted by Gasteiger charge is 2.21. The first kappa shape index (κ1) is 13.8. The molecule has 0 atom stereocenters. The van der Waals surface area contributed by atoms with Gasteiger partial charge in [-0.15, -0.1) is 0 Å². The number of hydrogen-bond acceptors (Lipinski definition) is 5. The van der Waals surface area contributed by atoms with Gasteiger partial charge < -0.3 is 10.2 Å². The second kappa shape index (κ2) is 6.06. The van der Waals surface area contributed by atoms with Crippen LogP contribution >= 0.6 is 0 Å². The van der Waals surface area contributed by atoms with Gasteiger partial charge in [0.05, 0.1) is 18.1 Å². The Bertz CT molecular complexity index is 418. The molecule has 1 saturated carbocycles. The fourth-order valence-electron chi connectivity index (χ4n) is 2.61. The zero-order valence-corrected chi connectivity index (χ0v) is 12.5. The highest BCUT2D eigenvalue weighted by atomic mass is 15.3. The average Bonchev–Trinajstić information content (AvgIpc) is 3.30. The van der Waals surface area contributed by atoms with Gasteiger partial charge in [0.2, 0.25) is 0 Å². The SMILES string of the molecule is CC(C)N1CCN(c2cnc(CNC3CC3)cn2)CC1. The van der Waals surface area contributed by atoms with Crippen molar-refractivity contribution in [2.24, 2.45) is 0 Å². The minimum atomic E-state index is 0.638. The molecule has 3 rings (SSSR count). The molecule has 1 aliphatic carbocycles. The van der Waals surface area contributed by atoms with Gasteiger partial charge in [0.25, 0.3) is 0 Å². The molecule has 0 amide bonds. The summed E-state index contributed by atoms with van der Waals surface area (Å²) < 4.78 is 0. The molecule has 20 heavy (non-hydrogen) atoms. The third kappa shape index (κ3) is 3.46. The molecule has 2 heterocycles. The van der Waals surface area contributed by atoms with Crippen molar-refractivity contribution in [2.75, 3.05) is 31.1 Å². The molecule has 2 fully saturated rings. The molecule has 1 N–H and O–H groups in total. The molecule has 0 aromatic carbocycles. The molecule has 1 aromatic rings. The lowest BCUT2D eigenvalue weighted by Gasteiger charge is -2.37. The van der Waals surface area contributed by atoms with Crippen LogP contribution < -0.4 is 10.2 Å². The van der Waals surface area contributed by atoms with Gasteiger partial charge in [0, 0.05) is 44.8 Å². The fourth-order valence-corrected chi connectivity index (χ4v) is 2.61. The first-order chi connectivity index (χ1) is 9.72. The molecule has 2 aliphatic rings. The Balaban J connectivity index is 1.52. The predicted molar refractivity (Wildman–Crippen MR) is 80.8 cm³/mol. The van der Waals surface area contributed by atoms with Crippen LogP contribution in [0.2, 0.25) is 0 Å².